The van der Waals surface area contributed by atoms with Crippen LogP contribution in [0.4, 0.5) is 0 Å². The molecule has 1 aromatic rings. The van der Waals surface area contributed by atoms with Crippen molar-refractivity contribution in [2.24, 2.45) is 11.8 Å². The summed E-state index contributed by atoms with van der Waals surface area (Å²) in [5, 5.41) is 0.344. The first kappa shape index (κ1) is 12.4. The van der Waals surface area contributed by atoms with Crippen LogP contribution in [0.25, 0.3) is 0 Å². The van der Waals surface area contributed by atoms with Crippen molar-refractivity contribution in [3.63, 3.8) is 0 Å². The summed E-state index contributed by atoms with van der Waals surface area (Å²) in [5.41, 5.74) is 0.484. The summed E-state index contributed by atoms with van der Waals surface area (Å²) in [6, 6.07) is 1.56. The van der Waals surface area contributed by atoms with Crippen LogP contribution in [-0.4, -0.2) is 19.4 Å². The Kier molecular flexibility index (Phi) is 2.88. The molecule has 0 aliphatic heterocycles. The van der Waals surface area contributed by atoms with Gasteiger partial charge in [0.25, 0.3) is 0 Å². The molecule has 1 unspecified atom stereocenters. The molecule has 0 amide bonds. The van der Waals surface area contributed by atoms with E-state index in [2.05, 4.69) is 9.71 Å². The molecule has 1 N–H and O–H groups in total. The molecule has 3 fully saturated rings. The summed E-state index contributed by atoms with van der Waals surface area (Å²) >= 11 is 5.82. The normalized spacial score (nSPS) is 30.2. The Morgan fingerprint density at radius 1 is 1.39 bits per heavy atom. The van der Waals surface area contributed by atoms with Gasteiger partial charge in [-0.05, 0) is 44.1 Å². The SMILES string of the molecule is Cc1ncc(Cl)cc1S(=O)(=O)NC1CC2CC1C2. The second-order valence-electron chi connectivity index (χ2n) is 5.30. The van der Waals surface area contributed by atoms with E-state index in [1.807, 2.05) is 0 Å². The van der Waals surface area contributed by atoms with Crippen LogP contribution < -0.4 is 4.72 Å². The standard InChI is InChI=1S/C12H15ClN2O2S/c1-7-12(5-10(13)6-14-7)18(16,17)15-11-4-8-2-9(11)3-8/h5-6,8-9,11,15H,2-4H2,1H3. The molecule has 1 heterocycles. The zero-order chi connectivity index (χ0) is 12.9. The quantitative estimate of drug-likeness (QED) is 0.926. The van der Waals surface area contributed by atoms with Crippen molar-refractivity contribution >= 4 is 21.6 Å². The maximum absolute atomic E-state index is 12.3. The van der Waals surface area contributed by atoms with Crippen molar-refractivity contribution < 1.29 is 8.42 Å². The van der Waals surface area contributed by atoms with E-state index >= 15 is 0 Å². The van der Waals surface area contributed by atoms with Crippen LogP contribution in [0.15, 0.2) is 17.2 Å². The number of pyridine rings is 1. The highest BCUT2D eigenvalue weighted by Gasteiger charge is 2.45. The van der Waals surface area contributed by atoms with E-state index in [-0.39, 0.29) is 10.9 Å². The highest BCUT2D eigenvalue weighted by Crippen LogP contribution is 2.48. The molecule has 6 heteroatoms. The minimum atomic E-state index is -3.50. The lowest BCUT2D eigenvalue weighted by atomic mass is 9.84. The summed E-state index contributed by atoms with van der Waals surface area (Å²) in [6.45, 7) is 1.68. The molecule has 4 rings (SSSR count). The van der Waals surface area contributed by atoms with Crippen LogP contribution in [0.5, 0.6) is 0 Å². The number of nitrogens with one attached hydrogen (secondary N) is 1. The van der Waals surface area contributed by atoms with Crippen molar-refractivity contribution in [1.82, 2.24) is 9.71 Å². The number of aromatic nitrogens is 1. The van der Waals surface area contributed by atoms with E-state index in [9.17, 15) is 8.42 Å². The average molecular weight is 287 g/mol. The van der Waals surface area contributed by atoms with E-state index in [4.69, 9.17) is 11.6 Å². The number of hydrogen-bond acceptors (Lipinski definition) is 3. The zero-order valence-electron chi connectivity index (χ0n) is 10.1. The van der Waals surface area contributed by atoms with Crippen molar-refractivity contribution in [2.45, 2.75) is 37.1 Å². The molecule has 0 saturated heterocycles. The van der Waals surface area contributed by atoms with Crippen LogP contribution in [0.1, 0.15) is 25.0 Å². The highest BCUT2D eigenvalue weighted by molar-refractivity contribution is 7.89. The zero-order valence-corrected chi connectivity index (χ0v) is 11.6. The number of sulfonamides is 1. The monoisotopic (exact) mass is 286 g/mol. The lowest BCUT2D eigenvalue weighted by Gasteiger charge is -2.24. The first-order chi connectivity index (χ1) is 8.45. The average Bonchev–Trinajstić information content (AvgIpc) is 2.78. The van der Waals surface area contributed by atoms with Gasteiger partial charge >= 0.3 is 0 Å². The fourth-order valence-corrected chi connectivity index (χ4v) is 4.79. The molecule has 3 aliphatic rings. The topological polar surface area (TPSA) is 59.1 Å². The van der Waals surface area contributed by atoms with E-state index in [0.29, 0.717) is 16.6 Å². The van der Waals surface area contributed by atoms with Gasteiger partial charge in [0, 0.05) is 12.2 Å². The van der Waals surface area contributed by atoms with Gasteiger partial charge in [0.1, 0.15) is 4.90 Å². The molecule has 1 aromatic heterocycles. The smallest absolute Gasteiger partial charge is 0.242 e. The molecule has 4 nitrogen and oxygen atoms in total. The molecule has 1 atom stereocenters. The molecular weight excluding hydrogens is 272 g/mol. The van der Waals surface area contributed by atoms with Gasteiger partial charge in [0.2, 0.25) is 10.0 Å². The maximum atomic E-state index is 12.3. The van der Waals surface area contributed by atoms with E-state index in [1.165, 1.54) is 25.1 Å². The van der Waals surface area contributed by atoms with Gasteiger partial charge in [0.15, 0.2) is 0 Å². The summed E-state index contributed by atoms with van der Waals surface area (Å²) < 4.78 is 27.4. The number of aryl methyl sites for hydroxylation is 1. The van der Waals surface area contributed by atoms with Crippen LogP contribution in [0, 0.1) is 18.8 Å². The molecule has 0 spiro atoms. The molecule has 3 aliphatic carbocycles. The summed E-state index contributed by atoms with van der Waals surface area (Å²) in [7, 11) is -3.50. The lowest BCUT2D eigenvalue weighted by Crippen LogP contribution is -2.36. The van der Waals surface area contributed by atoms with Gasteiger partial charge in [-0.25, -0.2) is 13.1 Å². The second-order valence-corrected chi connectivity index (χ2v) is 7.42. The van der Waals surface area contributed by atoms with Crippen LogP contribution in [0.2, 0.25) is 5.02 Å². The first-order valence-corrected chi connectivity index (χ1v) is 7.96. The van der Waals surface area contributed by atoms with Crippen molar-refractivity contribution in [3.05, 3.63) is 23.0 Å². The lowest BCUT2D eigenvalue weighted by molar-refractivity contribution is 0.290. The van der Waals surface area contributed by atoms with E-state index < -0.39 is 10.0 Å². The first-order valence-electron chi connectivity index (χ1n) is 6.10. The molecule has 2 bridgehead atoms. The number of nitrogens with zero attached hydrogens (tertiary/aromatic N) is 1. The molecule has 0 aromatic carbocycles. The van der Waals surface area contributed by atoms with Gasteiger partial charge < -0.3 is 0 Å². The summed E-state index contributed by atoms with van der Waals surface area (Å²) in [5.74, 6) is 1.25. The van der Waals surface area contributed by atoms with Gasteiger partial charge in [-0.1, -0.05) is 11.6 Å². The Labute approximate surface area is 112 Å². The predicted octanol–water partition coefficient (Wildman–Crippen LogP) is 2.12. The molecule has 98 valence electrons. The molecular formula is C12H15ClN2O2S. The molecule has 0 radical (unpaired) electrons. The van der Waals surface area contributed by atoms with Crippen LogP contribution >= 0.6 is 11.6 Å². The van der Waals surface area contributed by atoms with Gasteiger partial charge in [-0.2, -0.15) is 0 Å². The third-order valence-corrected chi connectivity index (χ3v) is 5.84. The Balaban J connectivity index is 1.87. The Morgan fingerprint density at radius 2 is 2.11 bits per heavy atom. The fourth-order valence-electron chi connectivity index (χ4n) is 3.03. The van der Waals surface area contributed by atoms with E-state index in [1.54, 1.807) is 6.92 Å². The van der Waals surface area contributed by atoms with Crippen LogP contribution in [0.3, 0.4) is 0 Å². The molecule has 18 heavy (non-hydrogen) atoms. The Hall–Kier alpha value is -0.650. The summed E-state index contributed by atoms with van der Waals surface area (Å²) in [6.07, 6.45) is 4.76. The third-order valence-electron chi connectivity index (χ3n) is 4.03. The number of rotatable bonds is 3. The number of fused-ring (bicyclic) bond motifs is 1. The van der Waals surface area contributed by atoms with Gasteiger partial charge in [-0.3, -0.25) is 4.98 Å². The minimum Gasteiger partial charge on any atom is -0.259 e. The number of halogens is 1. The largest absolute Gasteiger partial charge is 0.259 e. The number of hydrogen-bond donors (Lipinski definition) is 1. The van der Waals surface area contributed by atoms with Crippen molar-refractivity contribution in [2.75, 3.05) is 0 Å². The Bertz CT molecular complexity index is 582. The minimum absolute atomic E-state index is 0.0957. The highest BCUT2D eigenvalue weighted by atomic mass is 35.5. The van der Waals surface area contributed by atoms with Crippen molar-refractivity contribution in [1.29, 1.82) is 0 Å². The van der Waals surface area contributed by atoms with Gasteiger partial charge in [0.05, 0.1) is 10.7 Å². The second kappa shape index (κ2) is 4.18. The predicted molar refractivity (Wildman–Crippen MR) is 68.9 cm³/mol. The summed E-state index contributed by atoms with van der Waals surface area (Å²) in [4.78, 5) is 4.19. The van der Waals surface area contributed by atoms with Crippen LogP contribution in [-0.2, 0) is 10.0 Å². The maximum Gasteiger partial charge on any atom is 0.242 e. The molecule has 3 saturated carbocycles. The van der Waals surface area contributed by atoms with E-state index in [0.717, 1.165) is 12.3 Å². The fraction of sp³-hybridized carbons (Fsp3) is 0.583. The third kappa shape index (κ3) is 2.04. The Morgan fingerprint density at radius 3 is 2.72 bits per heavy atom. The van der Waals surface area contributed by atoms with Crippen molar-refractivity contribution in [3.8, 4) is 0 Å². The van der Waals surface area contributed by atoms with Gasteiger partial charge in [-0.15, -0.1) is 0 Å².